The first kappa shape index (κ1) is 27.2. The standard InChI is InChI=1S/C25H24ClF2N5O5/c1-29-10-22(36)32-14-33(21(35)6-7-34)20-8-15(2-5-19(20)32)11-31-13-30-24(23(26)25(31)37)38-12-16-3-4-17(27)9-18(16)28/h2-5,8-9,13,29,34H,6-7,10-12,14H2,1H3. The van der Waals surface area contributed by atoms with Gasteiger partial charge in [-0.15, -0.1) is 0 Å². The number of rotatable bonds is 9. The van der Waals surface area contributed by atoms with Gasteiger partial charge in [-0.2, -0.15) is 0 Å². The Bertz CT molecular complexity index is 1430. The van der Waals surface area contributed by atoms with Gasteiger partial charge in [0, 0.05) is 11.6 Å². The third-order valence-corrected chi connectivity index (χ3v) is 6.17. The van der Waals surface area contributed by atoms with E-state index in [9.17, 15) is 28.3 Å². The summed E-state index contributed by atoms with van der Waals surface area (Å²) in [6.45, 7) is -0.528. The Hall–Kier alpha value is -3.87. The normalized spacial score (nSPS) is 12.6. The van der Waals surface area contributed by atoms with E-state index in [-0.39, 0.29) is 67.7 Å². The number of benzene rings is 2. The molecule has 0 radical (unpaired) electrons. The summed E-state index contributed by atoms with van der Waals surface area (Å²) >= 11 is 6.17. The number of amides is 2. The molecule has 2 amide bonds. The SMILES string of the molecule is CNCC(=O)N1CN(C(=O)CCO)c2cc(Cn3cnc(OCc4ccc(F)cc4F)c(Cl)c3=O)ccc21. The van der Waals surface area contributed by atoms with Crippen LogP contribution in [0.25, 0.3) is 0 Å². The van der Waals surface area contributed by atoms with Gasteiger partial charge < -0.3 is 15.2 Å². The molecule has 0 saturated heterocycles. The number of ether oxygens (including phenoxy) is 1. The van der Waals surface area contributed by atoms with E-state index in [2.05, 4.69) is 10.3 Å². The smallest absolute Gasteiger partial charge is 0.276 e. The molecule has 2 heterocycles. The second-order valence-electron chi connectivity index (χ2n) is 8.43. The minimum atomic E-state index is -0.802. The summed E-state index contributed by atoms with van der Waals surface area (Å²) in [6, 6.07) is 8.09. The summed E-state index contributed by atoms with van der Waals surface area (Å²) < 4.78 is 33.6. The van der Waals surface area contributed by atoms with E-state index in [1.807, 2.05) is 0 Å². The predicted molar refractivity (Wildman–Crippen MR) is 135 cm³/mol. The van der Waals surface area contributed by atoms with Crippen molar-refractivity contribution in [1.29, 1.82) is 0 Å². The second kappa shape index (κ2) is 11.7. The van der Waals surface area contributed by atoms with Crippen molar-refractivity contribution in [2.45, 2.75) is 19.6 Å². The quantitative estimate of drug-likeness (QED) is 0.421. The number of halogens is 3. The molecule has 2 aromatic carbocycles. The van der Waals surface area contributed by atoms with E-state index in [0.29, 0.717) is 16.9 Å². The topological polar surface area (TPSA) is 117 Å². The van der Waals surface area contributed by atoms with Gasteiger partial charge in [-0.1, -0.05) is 17.7 Å². The van der Waals surface area contributed by atoms with Crippen molar-refractivity contribution in [2.24, 2.45) is 0 Å². The molecule has 0 saturated carbocycles. The Labute approximate surface area is 221 Å². The summed E-state index contributed by atoms with van der Waals surface area (Å²) in [7, 11) is 1.64. The number of hydrogen-bond donors (Lipinski definition) is 2. The fourth-order valence-corrected chi connectivity index (χ4v) is 4.16. The average molecular weight is 548 g/mol. The van der Waals surface area contributed by atoms with Crippen molar-refractivity contribution in [3.63, 3.8) is 0 Å². The monoisotopic (exact) mass is 547 g/mol. The predicted octanol–water partition coefficient (Wildman–Crippen LogP) is 2.04. The highest BCUT2D eigenvalue weighted by atomic mass is 35.5. The van der Waals surface area contributed by atoms with Crippen molar-refractivity contribution >= 4 is 34.8 Å². The van der Waals surface area contributed by atoms with Crippen LogP contribution in [0.4, 0.5) is 20.2 Å². The van der Waals surface area contributed by atoms with Crippen molar-refractivity contribution in [1.82, 2.24) is 14.9 Å². The van der Waals surface area contributed by atoms with E-state index in [1.165, 1.54) is 26.8 Å². The minimum absolute atomic E-state index is 0.00610. The lowest BCUT2D eigenvalue weighted by atomic mass is 10.1. The fraction of sp³-hybridized carbons (Fsp3) is 0.280. The molecule has 0 bridgehead atoms. The lowest BCUT2D eigenvalue weighted by Gasteiger charge is -2.18. The van der Waals surface area contributed by atoms with Crippen molar-refractivity contribution in [3.8, 4) is 5.88 Å². The molecule has 0 atom stereocenters. The maximum Gasteiger partial charge on any atom is 0.276 e. The average Bonchev–Trinajstić information content (AvgIpc) is 3.27. The molecule has 3 aromatic rings. The maximum absolute atomic E-state index is 13.9. The number of fused-ring (bicyclic) bond motifs is 1. The number of aromatic nitrogens is 2. The van der Waals surface area contributed by atoms with E-state index in [0.717, 1.165) is 12.1 Å². The number of likely N-dealkylation sites (N-methyl/N-ethyl adjacent to an activating group) is 1. The Balaban J connectivity index is 1.56. The third-order valence-electron chi connectivity index (χ3n) is 5.84. The van der Waals surface area contributed by atoms with Gasteiger partial charge in [-0.25, -0.2) is 13.8 Å². The molecule has 1 aromatic heterocycles. The Morgan fingerprint density at radius 3 is 2.61 bits per heavy atom. The van der Waals surface area contributed by atoms with Crippen LogP contribution in [0.15, 0.2) is 47.5 Å². The van der Waals surface area contributed by atoms with Crippen molar-refractivity contribution < 1.29 is 28.2 Å². The van der Waals surface area contributed by atoms with Crippen LogP contribution >= 0.6 is 11.6 Å². The molecule has 2 N–H and O–H groups in total. The molecular weight excluding hydrogens is 524 g/mol. The molecule has 1 aliphatic heterocycles. The fourth-order valence-electron chi connectivity index (χ4n) is 3.95. The van der Waals surface area contributed by atoms with Crippen LogP contribution in [-0.2, 0) is 22.7 Å². The van der Waals surface area contributed by atoms with E-state index < -0.39 is 17.2 Å². The number of anilines is 2. The van der Waals surface area contributed by atoms with Crippen LogP contribution in [0.2, 0.25) is 5.02 Å². The van der Waals surface area contributed by atoms with Crippen molar-refractivity contribution in [2.75, 3.05) is 36.7 Å². The molecule has 0 aliphatic carbocycles. The number of nitrogens with zero attached hydrogens (tertiary/aromatic N) is 4. The van der Waals surface area contributed by atoms with Crippen LogP contribution in [-0.4, -0.2) is 53.3 Å². The molecule has 0 spiro atoms. The zero-order valence-corrected chi connectivity index (χ0v) is 21.0. The summed E-state index contributed by atoms with van der Waals surface area (Å²) in [5.74, 6) is -2.32. The Kier molecular flexibility index (Phi) is 8.35. The first-order valence-electron chi connectivity index (χ1n) is 11.5. The van der Waals surface area contributed by atoms with Gasteiger partial charge in [-0.05, 0) is 36.9 Å². The van der Waals surface area contributed by atoms with E-state index in [1.54, 1.807) is 25.2 Å². The van der Waals surface area contributed by atoms with Crippen LogP contribution in [0, 0.1) is 11.6 Å². The Morgan fingerprint density at radius 2 is 1.89 bits per heavy atom. The Morgan fingerprint density at radius 1 is 1.13 bits per heavy atom. The molecule has 10 nitrogen and oxygen atoms in total. The van der Waals surface area contributed by atoms with E-state index >= 15 is 0 Å². The highest BCUT2D eigenvalue weighted by molar-refractivity contribution is 6.31. The number of nitrogens with one attached hydrogen (secondary N) is 1. The summed E-state index contributed by atoms with van der Waals surface area (Å²) in [5.41, 5.74) is 1.07. The number of carbonyl (C=O) groups excluding carboxylic acids is 2. The van der Waals surface area contributed by atoms with Gasteiger partial charge in [-0.3, -0.25) is 28.8 Å². The zero-order valence-electron chi connectivity index (χ0n) is 20.3. The maximum atomic E-state index is 13.9. The van der Waals surface area contributed by atoms with Crippen molar-refractivity contribution in [3.05, 3.63) is 80.9 Å². The highest BCUT2D eigenvalue weighted by Crippen LogP contribution is 2.37. The van der Waals surface area contributed by atoms with Gasteiger partial charge >= 0.3 is 0 Å². The molecule has 0 unspecified atom stereocenters. The van der Waals surface area contributed by atoms with Gasteiger partial charge in [0.1, 0.15) is 31.2 Å². The number of carbonyl (C=O) groups is 2. The molecule has 200 valence electrons. The minimum Gasteiger partial charge on any atom is -0.471 e. The van der Waals surface area contributed by atoms with Crippen LogP contribution in [0.1, 0.15) is 17.5 Å². The first-order valence-corrected chi connectivity index (χ1v) is 11.9. The summed E-state index contributed by atoms with van der Waals surface area (Å²) in [5, 5.41) is 11.7. The van der Waals surface area contributed by atoms with Gasteiger partial charge in [0.2, 0.25) is 17.7 Å². The summed E-state index contributed by atoms with van der Waals surface area (Å²) in [4.78, 5) is 45.0. The van der Waals surface area contributed by atoms with Crippen LogP contribution in [0.5, 0.6) is 5.88 Å². The summed E-state index contributed by atoms with van der Waals surface area (Å²) in [6.07, 6.45) is 1.11. The largest absolute Gasteiger partial charge is 0.471 e. The molecule has 0 fully saturated rings. The number of hydrogen-bond acceptors (Lipinski definition) is 7. The lowest BCUT2D eigenvalue weighted by molar-refractivity contribution is -0.119. The third kappa shape index (κ3) is 5.67. The molecule has 1 aliphatic rings. The molecule has 4 rings (SSSR count). The van der Waals surface area contributed by atoms with Gasteiger partial charge in [0.15, 0.2) is 5.02 Å². The van der Waals surface area contributed by atoms with Gasteiger partial charge in [0.05, 0.1) is 37.5 Å². The molecular formula is C25H24ClF2N5O5. The number of aliphatic hydroxyl groups is 1. The second-order valence-corrected chi connectivity index (χ2v) is 8.81. The van der Waals surface area contributed by atoms with Crippen LogP contribution < -0.4 is 25.4 Å². The number of aliphatic hydroxyl groups excluding tert-OH is 1. The van der Waals surface area contributed by atoms with E-state index in [4.69, 9.17) is 16.3 Å². The molecule has 38 heavy (non-hydrogen) atoms. The lowest BCUT2D eigenvalue weighted by Crippen LogP contribution is -2.41. The first-order chi connectivity index (χ1) is 18.2. The zero-order chi connectivity index (χ0) is 27.4. The highest BCUT2D eigenvalue weighted by Gasteiger charge is 2.33. The van der Waals surface area contributed by atoms with Crippen LogP contribution in [0.3, 0.4) is 0 Å². The van der Waals surface area contributed by atoms with Gasteiger partial charge in [0.25, 0.3) is 5.56 Å². The molecule has 13 heteroatoms.